The summed E-state index contributed by atoms with van der Waals surface area (Å²) < 4.78 is 2.01. The van der Waals surface area contributed by atoms with Crippen molar-refractivity contribution in [3.05, 3.63) is 30.1 Å². The maximum atomic E-state index is 12.6. The molecule has 24 heavy (non-hydrogen) atoms. The van der Waals surface area contributed by atoms with E-state index in [1.807, 2.05) is 35.1 Å². The zero-order chi connectivity index (χ0) is 17.2. The molecule has 1 aliphatic carbocycles. The van der Waals surface area contributed by atoms with Crippen molar-refractivity contribution < 1.29 is 9.90 Å². The molecule has 0 radical (unpaired) electrons. The number of benzene rings is 1. The van der Waals surface area contributed by atoms with E-state index < -0.39 is 0 Å². The highest BCUT2D eigenvalue weighted by Crippen LogP contribution is 2.37. The van der Waals surface area contributed by atoms with Crippen molar-refractivity contribution >= 4 is 28.7 Å². The van der Waals surface area contributed by atoms with E-state index in [0.29, 0.717) is 0 Å². The summed E-state index contributed by atoms with van der Waals surface area (Å²) >= 11 is 1.70. The fourth-order valence-electron chi connectivity index (χ4n) is 3.59. The number of aromatic nitrogens is 2. The highest BCUT2D eigenvalue weighted by molar-refractivity contribution is 7.97. The summed E-state index contributed by atoms with van der Waals surface area (Å²) in [6.45, 7) is 2.44. The molecule has 0 bridgehead atoms. The molecule has 0 spiro atoms. The summed E-state index contributed by atoms with van der Waals surface area (Å²) in [5.74, 6) is 1.70. The fourth-order valence-corrected chi connectivity index (χ4v) is 4.07. The lowest BCUT2D eigenvalue weighted by Crippen LogP contribution is -2.45. The normalized spacial score (nSPS) is 23.7. The second-order valence-corrected chi connectivity index (χ2v) is 7.73. The van der Waals surface area contributed by atoms with Crippen molar-refractivity contribution in [2.75, 3.05) is 12.9 Å². The molecular weight excluding hydrogens is 322 g/mol. The average Bonchev–Trinajstić information content (AvgIpc) is 3.10. The Morgan fingerprint density at radius 2 is 2.29 bits per heavy atom. The Kier molecular flexibility index (Phi) is 5.15. The van der Waals surface area contributed by atoms with Gasteiger partial charge < -0.3 is 15.0 Å². The number of para-hydroxylation sites is 2. The largest absolute Gasteiger partial charge is 0.396 e. The van der Waals surface area contributed by atoms with Gasteiger partial charge >= 0.3 is 0 Å². The number of hydrogen-bond donors (Lipinski definition) is 2. The maximum absolute atomic E-state index is 12.6. The van der Waals surface area contributed by atoms with Crippen LogP contribution in [0.5, 0.6) is 0 Å². The third kappa shape index (κ3) is 3.30. The first kappa shape index (κ1) is 17.3. The Morgan fingerprint density at radius 1 is 1.50 bits per heavy atom. The topological polar surface area (TPSA) is 67.2 Å². The van der Waals surface area contributed by atoms with Crippen molar-refractivity contribution in [3.8, 4) is 0 Å². The highest BCUT2D eigenvalue weighted by atomic mass is 32.2. The van der Waals surface area contributed by atoms with E-state index >= 15 is 0 Å². The monoisotopic (exact) mass is 347 g/mol. The number of thioether (sulfide) groups is 1. The van der Waals surface area contributed by atoms with Gasteiger partial charge in [-0.3, -0.25) is 4.79 Å². The van der Waals surface area contributed by atoms with Crippen LogP contribution >= 0.6 is 11.8 Å². The Bertz CT molecular complexity index is 730. The molecule has 2 N–H and O–H groups in total. The molecule has 1 heterocycles. The number of nitrogens with zero attached hydrogens (tertiary/aromatic N) is 2. The molecule has 0 saturated heterocycles. The van der Waals surface area contributed by atoms with Gasteiger partial charge in [0.25, 0.3) is 0 Å². The van der Waals surface area contributed by atoms with E-state index in [9.17, 15) is 9.90 Å². The number of amides is 1. The van der Waals surface area contributed by atoms with E-state index in [0.717, 1.165) is 41.9 Å². The summed E-state index contributed by atoms with van der Waals surface area (Å²) in [5.41, 5.74) is 1.72. The van der Waals surface area contributed by atoms with Crippen LogP contribution in [0.15, 0.2) is 24.3 Å². The number of aliphatic hydroxyl groups is 1. The number of imidazole rings is 1. The molecule has 6 heteroatoms. The third-order valence-electron chi connectivity index (χ3n) is 5.09. The first-order valence-corrected chi connectivity index (χ1v) is 9.80. The van der Waals surface area contributed by atoms with Crippen LogP contribution in [0.1, 0.15) is 32.0 Å². The highest BCUT2D eigenvalue weighted by Gasteiger charge is 2.39. The van der Waals surface area contributed by atoms with Crippen LogP contribution < -0.4 is 5.32 Å². The minimum absolute atomic E-state index is 0.00733. The predicted octanol–water partition coefficient (Wildman–Crippen LogP) is 2.57. The molecule has 2 aromatic rings. The van der Waals surface area contributed by atoms with Crippen LogP contribution in [0.4, 0.5) is 0 Å². The minimum atomic E-state index is -0.200. The van der Waals surface area contributed by atoms with Crippen molar-refractivity contribution in [1.29, 1.82) is 0 Å². The second kappa shape index (κ2) is 7.15. The predicted molar refractivity (Wildman–Crippen MR) is 97.9 cm³/mol. The van der Waals surface area contributed by atoms with Gasteiger partial charge in [0.15, 0.2) is 0 Å². The lowest BCUT2D eigenvalue weighted by atomic mass is 9.86. The molecule has 1 aromatic heterocycles. The first-order chi connectivity index (χ1) is 11.6. The van der Waals surface area contributed by atoms with Gasteiger partial charge in [-0.15, -0.1) is 0 Å². The Balaban J connectivity index is 1.79. The molecule has 5 nitrogen and oxygen atoms in total. The molecule has 2 unspecified atom stereocenters. The summed E-state index contributed by atoms with van der Waals surface area (Å²) in [6.07, 6.45) is 4.98. The van der Waals surface area contributed by atoms with Crippen molar-refractivity contribution in [1.82, 2.24) is 14.9 Å². The van der Waals surface area contributed by atoms with Gasteiger partial charge in [-0.2, -0.15) is 11.8 Å². The quantitative estimate of drug-likeness (QED) is 0.843. The van der Waals surface area contributed by atoms with Gasteiger partial charge in [0.2, 0.25) is 5.91 Å². The number of fused-ring (bicyclic) bond motifs is 1. The van der Waals surface area contributed by atoms with Gasteiger partial charge in [0, 0.05) is 11.5 Å². The fraction of sp³-hybridized carbons (Fsp3) is 0.556. The summed E-state index contributed by atoms with van der Waals surface area (Å²) in [7, 11) is 0. The van der Waals surface area contributed by atoms with Crippen molar-refractivity contribution in [2.24, 2.45) is 5.41 Å². The average molecular weight is 347 g/mol. The number of carbonyl (C=O) groups excluding carboxylic acids is 1. The van der Waals surface area contributed by atoms with Crippen LogP contribution in [0, 0.1) is 5.41 Å². The van der Waals surface area contributed by atoms with Gasteiger partial charge in [0.05, 0.1) is 23.4 Å². The minimum Gasteiger partial charge on any atom is -0.396 e. The summed E-state index contributed by atoms with van der Waals surface area (Å²) in [6, 6.07) is 7.98. The van der Waals surface area contributed by atoms with Crippen LogP contribution in [0.3, 0.4) is 0 Å². The van der Waals surface area contributed by atoms with E-state index in [1.165, 1.54) is 0 Å². The Labute approximate surface area is 146 Å². The first-order valence-electron chi connectivity index (χ1n) is 8.41. The van der Waals surface area contributed by atoms with Gasteiger partial charge in [-0.1, -0.05) is 25.5 Å². The van der Waals surface area contributed by atoms with E-state index in [1.54, 1.807) is 11.8 Å². The molecule has 130 valence electrons. The van der Waals surface area contributed by atoms with E-state index in [2.05, 4.69) is 17.2 Å². The molecule has 0 aliphatic heterocycles. The zero-order valence-corrected chi connectivity index (χ0v) is 15.1. The standard InChI is InChI=1S/C18H25N3O2S/c1-18(12-22)9-5-8-15(18)20-17(23)10-21-14-7-4-3-6-13(14)19-16(21)11-24-2/h3-4,6-7,15,22H,5,8-12H2,1-2H3,(H,20,23). The lowest BCUT2D eigenvalue weighted by Gasteiger charge is -2.30. The van der Waals surface area contributed by atoms with Gasteiger partial charge in [0.1, 0.15) is 12.4 Å². The summed E-state index contributed by atoms with van der Waals surface area (Å²) in [5, 5.41) is 12.8. The van der Waals surface area contributed by atoms with Gasteiger partial charge in [-0.05, 0) is 31.2 Å². The number of carbonyl (C=O) groups is 1. The van der Waals surface area contributed by atoms with E-state index in [4.69, 9.17) is 0 Å². The van der Waals surface area contributed by atoms with Crippen LogP contribution in [0.25, 0.3) is 11.0 Å². The third-order valence-corrected chi connectivity index (χ3v) is 5.63. The number of nitrogens with one attached hydrogen (secondary N) is 1. The number of hydrogen-bond acceptors (Lipinski definition) is 4. The van der Waals surface area contributed by atoms with E-state index in [-0.39, 0.29) is 30.5 Å². The molecule has 1 aliphatic rings. The van der Waals surface area contributed by atoms with Crippen molar-refractivity contribution in [2.45, 2.75) is 44.5 Å². The van der Waals surface area contributed by atoms with Crippen molar-refractivity contribution in [3.63, 3.8) is 0 Å². The number of aliphatic hydroxyl groups excluding tert-OH is 1. The maximum Gasteiger partial charge on any atom is 0.240 e. The molecule has 1 amide bonds. The molecular formula is C18H25N3O2S. The SMILES string of the molecule is CSCc1nc2ccccc2n1CC(=O)NC1CCCC1(C)CO. The zero-order valence-electron chi connectivity index (χ0n) is 14.3. The number of rotatable bonds is 6. The smallest absolute Gasteiger partial charge is 0.240 e. The second-order valence-electron chi connectivity index (χ2n) is 6.86. The molecule has 1 fully saturated rings. The van der Waals surface area contributed by atoms with Crippen LogP contribution in [0.2, 0.25) is 0 Å². The molecule has 3 rings (SSSR count). The summed E-state index contributed by atoms with van der Waals surface area (Å²) in [4.78, 5) is 17.3. The Hall–Kier alpha value is -1.53. The molecule has 1 saturated carbocycles. The van der Waals surface area contributed by atoms with Crippen LogP contribution in [-0.2, 0) is 17.1 Å². The molecule has 1 aromatic carbocycles. The Morgan fingerprint density at radius 3 is 3.04 bits per heavy atom. The van der Waals surface area contributed by atoms with Crippen LogP contribution in [-0.4, -0.2) is 39.5 Å². The molecule has 2 atom stereocenters. The lowest BCUT2D eigenvalue weighted by molar-refractivity contribution is -0.123. The van der Waals surface area contributed by atoms with Gasteiger partial charge in [-0.25, -0.2) is 4.98 Å².